The maximum absolute atomic E-state index is 5.68. The van der Waals surface area contributed by atoms with E-state index in [0.29, 0.717) is 6.54 Å². The Morgan fingerprint density at radius 3 is 2.12 bits per heavy atom. The van der Waals surface area contributed by atoms with Crippen molar-refractivity contribution in [3.8, 4) is 0 Å². The Hall–Kier alpha value is -0.160. The van der Waals surface area contributed by atoms with Gasteiger partial charge in [-0.3, -0.25) is 0 Å². The summed E-state index contributed by atoms with van der Waals surface area (Å²) in [5.41, 5.74) is 5.68. The van der Waals surface area contributed by atoms with Crippen molar-refractivity contribution in [2.75, 3.05) is 52.4 Å². The minimum absolute atomic E-state index is 0.244. The average Bonchev–Trinajstić information content (AvgIpc) is 2.36. The number of nitrogens with zero attached hydrogens (tertiary/aromatic N) is 2. The number of ether oxygens (including phenoxy) is 1. The quantitative estimate of drug-likeness (QED) is 0.684. The zero-order chi connectivity index (χ0) is 12.5. The third-order valence-electron chi connectivity index (χ3n) is 3.44. The first kappa shape index (κ1) is 14.9. The number of hydrogen-bond acceptors (Lipinski definition) is 4. The van der Waals surface area contributed by atoms with E-state index in [4.69, 9.17) is 10.5 Å². The molecule has 0 bridgehead atoms. The summed E-state index contributed by atoms with van der Waals surface area (Å²) in [6.45, 7) is 12.9. The number of rotatable bonds is 8. The van der Waals surface area contributed by atoms with Crippen molar-refractivity contribution < 1.29 is 4.74 Å². The number of piperazine rings is 1. The molecule has 2 N–H and O–H groups in total. The van der Waals surface area contributed by atoms with Gasteiger partial charge in [0.15, 0.2) is 0 Å². The minimum Gasteiger partial charge on any atom is -0.377 e. The van der Waals surface area contributed by atoms with E-state index in [0.717, 1.165) is 19.6 Å². The Morgan fingerprint density at radius 2 is 1.65 bits per heavy atom. The highest BCUT2D eigenvalue weighted by molar-refractivity contribution is 4.73. The van der Waals surface area contributed by atoms with Gasteiger partial charge in [0.25, 0.3) is 0 Å². The SMILES string of the molecule is CCCN1CCN(CCC(CN)OCC)CC1. The van der Waals surface area contributed by atoms with Crippen molar-refractivity contribution in [3.63, 3.8) is 0 Å². The second-order valence-corrected chi connectivity index (χ2v) is 4.79. The van der Waals surface area contributed by atoms with Gasteiger partial charge in [0.2, 0.25) is 0 Å². The van der Waals surface area contributed by atoms with Gasteiger partial charge in [-0.25, -0.2) is 0 Å². The molecule has 0 radical (unpaired) electrons. The van der Waals surface area contributed by atoms with Gasteiger partial charge in [-0.15, -0.1) is 0 Å². The van der Waals surface area contributed by atoms with E-state index in [1.54, 1.807) is 0 Å². The van der Waals surface area contributed by atoms with Crippen LogP contribution in [-0.4, -0.2) is 68.3 Å². The van der Waals surface area contributed by atoms with Crippen molar-refractivity contribution in [3.05, 3.63) is 0 Å². The molecule has 17 heavy (non-hydrogen) atoms. The first-order valence-electron chi connectivity index (χ1n) is 7.06. The predicted molar refractivity (Wildman–Crippen MR) is 72.3 cm³/mol. The van der Waals surface area contributed by atoms with E-state index in [-0.39, 0.29) is 6.10 Å². The topological polar surface area (TPSA) is 41.7 Å². The van der Waals surface area contributed by atoms with Gasteiger partial charge in [0, 0.05) is 45.9 Å². The molecule has 4 nitrogen and oxygen atoms in total. The lowest BCUT2D eigenvalue weighted by Crippen LogP contribution is -2.47. The molecule has 0 aromatic carbocycles. The summed E-state index contributed by atoms with van der Waals surface area (Å²) >= 11 is 0. The van der Waals surface area contributed by atoms with Crippen LogP contribution in [0.4, 0.5) is 0 Å². The van der Waals surface area contributed by atoms with Gasteiger partial charge in [-0.1, -0.05) is 6.92 Å². The molecular formula is C13H29N3O. The van der Waals surface area contributed by atoms with E-state index in [2.05, 4.69) is 16.7 Å². The fraction of sp³-hybridized carbons (Fsp3) is 1.00. The fourth-order valence-electron chi connectivity index (χ4n) is 2.38. The standard InChI is InChI=1S/C13H29N3O/c1-3-6-15-8-10-16(11-9-15)7-5-13(12-14)17-4-2/h13H,3-12,14H2,1-2H3. The van der Waals surface area contributed by atoms with Crippen LogP contribution < -0.4 is 5.73 Å². The lowest BCUT2D eigenvalue weighted by Gasteiger charge is -2.35. The second-order valence-electron chi connectivity index (χ2n) is 4.79. The van der Waals surface area contributed by atoms with Gasteiger partial charge in [0.05, 0.1) is 6.10 Å². The van der Waals surface area contributed by atoms with Crippen molar-refractivity contribution >= 4 is 0 Å². The molecule has 1 saturated heterocycles. The summed E-state index contributed by atoms with van der Waals surface area (Å²) in [6, 6.07) is 0. The van der Waals surface area contributed by atoms with E-state index in [1.165, 1.54) is 39.1 Å². The van der Waals surface area contributed by atoms with Gasteiger partial charge in [-0.2, -0.15) is 0 Å². The number of hydrogen-bond donors (Lipinski definition) is 1. The van der Waals surface area contributed by atoms with E-state index < -0.39 is 0 Å². The molecule has 4 heteroatoms. The number of nitrogens with two attached hydrogens (primary N) is 1. The predicted octanol–water partition coefficient (Wildman–Crippen LogP) is 0.768. The molecular weight excluding hydrogens is 214 g/mol. The van der Waals surface area contributed by atoms with Crippen molar-refractivity contribution in [2.24, 2.45) is 5.73 Å². The van der Waals surface area contributed by atoms with Crippen LogP contribution in [-0.2, 0) is 4.74 Å². The highest BCUT2D eigenvalue weighted by atomic mass is 16.5. The average molecular weight is 243 g/mol. The third-order valence-corrected chi connectivity index (χ3v) is 3.44. The maximum Gasteiger partial charge on any atom is 0.0709 e. The molecule has 1 heterocycles. The molecule has 1 unspecified atom stereocenters. The van der Waals surface area contributed by atoms with Crippen LogP contribution in [0.2, 0.25) is 0 Å². The fourth-order valence-corrected chi connectivity index (χ4v) is 2.38. The van der Waals surface area contributed by atoms with E-state index in [9.17, 15) is 0 Å². The minimum atomic E-state index is 0.244. The summed E-state index contributed by atoms with van der Waals surface area (Å²) in [7, 11) is 0. The summed E-state index contributed by atoms with van der Waals surface area (Å²) in [6.07, 6.45) is 2.58. The molecule has 102 valence electrons. The van der Waals surface area contributed by atoms with Crippen molar-refractivity contribution in [1.29, 1.82) is 0 Å². The van der Waals surface area contributed by atoms with Crippen LogP contribution in [0, 0.1) is 0 Å². The van der Waals surface area contributed by atoms with Crippen LogP contribution >= 0.6 is 0 Å². The monoisotopic (exact) mass is 243 g/mol. The molecule has 1 atom stereocenters. The lowest BCUT2D eigenvalue weighted by atomic mass is 10.2. The molecule has 0 amide bonds. The Kier molecular flexibility index (Phi) is 7.77. The Bertz CT molecular complexity index is 182. The maximum atomic E-state index is 5.68. The van der Waals surface area contributed by atoms with Gasteiger partial charge >= 0.3 is 0 Å². The summed E-state index contributed by atoms with van der Waals surface area (Å²) in [5.74, 6) is 0. The molecule has 0 saturated carbocycles. The zero-order valence-corrected chi connectivity index (χ0v) is 11.5. The Balaban J connectivity index is 2.12. The second kappa shape index (κ2) is 8.86. The molecule has 0 aromatic heterocycles. The molecule has 0 aliphatic carbocycles. The van der Waals surface area contributed by atoms with Crippen LogP contribution in [0.5, 0.6) is 0 Å². The molecule has 1 aliphatic heterocycles. The lowest BCUT2D eigenvalue weighted by molar-refractivity contribution is 0.0474. The summed E-state index contributed by atoms with van der Waals surface area (Å²) in [5, 5.41) is 0. The van der Waals surface area contributed by atoms with Crippen LogP contribution in [0.15, 0.2) is 0 Å². The van der Waals surface area contributed by atoms with Crippen LogP contribution in [0.3, 0.4) is 0 Å². The van der Waals surface area contributed by atoms with Gasteiger partial charge < -0.3 is 20.3 Å². The van der Waals surface area contributed by atoms with E-state index >= 15 is 0 Å². The first-order valence-corrected chi connectivity index (χ1v) is 7.06. The normalized spacial score (nSPS) is 20.6. The first-order chi connectivity index (χ1) is 8.30. The third kappa shape index (κ3) is 5.82. The smallest absolute Gasteiger partial charge is 0.0709 e. The Labute approximate surface area is 106 Å². The zero-order valence-electron chi connectivity index (χ0n) is 11.5. The Morgan fingerprint density at radius 1 is 1.06 bits per heavy atom. The van der Waals surface area contributed by atoms with Crippen LogP contribution in [0.25, 0.3) is 0 Å². The molecule has 0 aromatic rings. The van der Waals surface area contributed by atoms with E-state index in [1.807, 2.05) is 6.92 Å². The van der Waals surface area contributed by atoms with Crippen molar-refractivity contribution in [1.82, 2.24) is 9.80 Å². The largest absolute Gasteiger partial charge is 0.377 e. The molecule has 1 rings (SSSR count). The van der Waals surface area contributed by atoms with Gasteiger partial charge in [-0.05, 0) is 26.3 Å². The highest BCUT2D eigenvalue weighted by Gasteiger charge is 2.17. The van der Waals surface area contributed by atoms with Gasteiger partial charge in [0.1, 0.15) is 0 Å². The van der Waals surface area contributed by atoms with Crippen LogP contribution in [0.1, 0.15) is 26.7 Å². The summed E-state index contributed by atoms with van der Waals surface area (Å²) in [4.78, 5) is 5.09. The highest BCUT2D eigenvalue weighted by Crippen LogP contribution is 2.05. The summed E-state index contributed by atoms with van der Waals surface area (Å²) < 4.78 is 5.58. The molecule has 1 fully saturated rings. The van der Waals surface area contributed by atoms with Crippen molar-refractivity contribution in [2.45, 2.75) is 32.8 Å². The molecule has 1 aliphatic rings. The molecule has 0 spiro atoms.